The molecule has 9 atom stereocenters. The monoisotopic (exact) mass is 812 g/mol. The molecule has 0 heterocycles. The summed E-state index contributed by atoms with van der Waals surface area (Å²) >= 11 is 0. The van der Waals surface area contributed by atoms with Crippen LogP contribution in [0.15, 0.2) is 24.3 Å². The van der Waals surface area contributed by atoms with E-state index in [0.717, 1.165) is 44.2 Å². The van der Waals surface area contributed by atoms with Crippen molar-refractivity contribution < 1.29 is 50.1 Å². The van der Waals surface area contributed by atoms with Crippen molar-refractivity contribution in [2.75, 3.05) is 13.1 Å². The van der Waals surface area contributed by atoms with Crippen LogP contribution in [0, 0.1) is 29.6 Å². The van der Waals surface area contributed by atoms with Crippen LogP contribution in [0.1, 0.15) is 122 Å². The molecular formula is C43H69N7O8+2. The number of Topliss-reactive ketones (excluding diaryl/α,β-unsaturated/α-hetero) is 2. The van der Waals surface area contributed by atoms with Crippen molar-refractivity contribution in [1.82, 2.24) is 21.3 Å². The summed E-state index contributed by atoms with van der Waals surface area (Å²) in [4.78, 5) is 93.1. The predicted molar refractivity (Wildman–Crippen MR) is 216 cm³/mol. The number of amides is 5. The zero-order valence-corrected chi connectivity index (χ0v) is 34.4. The van der Waals surface area contributed by atoms with Gasteiger partial charge in [-0.15, -0.1) is 0 Å². The van der Waals surface area contributed by atoms with Gasteiger partial charge in [0.05, 0.1) is 31.1 Å². The number of hydrogen-bond acceptors (Lipinski definition) is 8. The van der Waals surface area contributed by atoms with Crippen LogP contribution in [0.4, 0.5) is 0 Å². The molecule has 0 saturated heterocycles. The quantitative estimate of drug-likeness (QED) is 0.0689. The maximum Gasteiger partial charge on any atom is 0.239 e. The normalized spacial score (nSPS) is 24.3. The van der Waals surface area contributed by atoms with E-state index >= 15 is 0 Å². The van der Waals surface area contributed by atoms with Crippen LogP contribution in [0.3, 0.4) is 0 Å². The van der Waals surface area contributed by atoms with Crippen molar-refractivity contribution in [3.63, 3.8) is 0 Å². The molecule has 1 aromatic rings. The molecule has 4 rings (SSSR count). The third-order valence-corrected chi connectivity index (χ3v) is 12.6. The van der Waals surface area contributed by atoms with Gasteiger partial charge in [-0.25, -0.2) is 0 Å². The smallest absolute Gasteiger partial charge is 0.239 e. The van der Waals surface area contributed by atoms with Crippen molar-refractivity contribution >= 4 is 41.1 Å². The number of ketones is 2. The molecule has 3 saturated carbocycles. The van der Waals surface area contributed by atoms with Crippen molar-refractivity contribution in [2.45, 2.75) is 147 Å². The number of unbranched alkanes of at least 4 members (excludes halogenated alkanes) is 2. The number of benzene rings is 1. The van der Waals surface area contributed by atoms with Crippen molar-refractivity contribution in [3.8, 4) is 5.75 Å². The maximum atomic E-state index is 14.2. The van der Waals surface area contributed by atoms with E-state index in [9.17, 15) is 38.7 Å². The summed E-state index contributed by atoms with van der Waals surface area (Å²) in [6.45, 7) is 2.86. The third-order valence-electron chi connectivity index (χ3n) is 12.6. The molecule has 0 spiro atoms. The van der Waals surface area contributed by atoms with Gasteiger partial charge in [-0.05, 0) is 113 Å². The maximum absolute atomic E-state index is 14.2. The van der Waals surface area contributed by atoms with Gasteiger partial charge in [0.15, 0.2) is 11.6 Å². The second kappa shape index (κ2) is 23.3. The van der Waals surface area contributed by atoms with Crippen LogP contribution in [-0.2, 0) is 40.0 Å². The first-order chi connectivity index (χ1) is 27.8. The van der Waals surface area contributed by atoms with E-state index in [2.05, 4.69) is 32.7 Å². The first-order valence-corrected chi connectivity index (χ1v) is 21.7. The number of aromatic hydroxyl groups is 1. The lowest BCUT2D eigenvalue weighted by atomic mass is 9.85. The Balaban J connectivity index is 1.44. The van der Waals surface area contributed by atoms with Crippen LogP contribution < -0.4 is 38.5 Å². The molecule has 1 aromatic carbocycles. The van der Waals surface area contributed by atoms with Gasteiger partial charge in [0.2, 0.25) is 29.5 Å². The molecule has 15 heteroatoms. The Labute approximate surface area is 342 Å². The number of rotatable bonds is 24. The van der Waals surface area contributed by atoms with Gasteiger partial charge in [-0.1, -0.05) is 31.4 Å². The first kappa shape index (κ1) is 46.3. The predicted octanol–water partition coefficient (Wildman–Crippen LogP) is 0.755. The highest BCUT2D eigenvalue weighted by molar-refractivity contribution is 5.93. The second-order valence-electron chi connectivity index (χ2n) is 16.9. The van der Waals surface area contributed by atoms with Crippen molar-refractivity contribution in [2.24, 2.45) is 35.3 Å². The third kappa shape index (κ3) is 13.9. The van der Waals surface area contributed by atoms with E-state index < -0.39 is 41.8 Å². The summed E-state index contributed by atoms with van der Waals surface area (Å²) in [5.41, 5.74) is 14.1. The lowest BCUT2D eigenvalue weighted by Gasteiger charge is -2.27. The number of phenolic OH excluding ortho intramolecular Hbond substituents is 1. The zero-order valence-electron chi connectivity index (χ0n) is 34.4. The number of hydrogen-bond donors (Lipinski definition) is 8. The van der Waals surface area contributed by atoms with Gasteiger partial charge in [0, 0.05) is 37.6 Å². The Bertz CT molecular complexity index is 1570. The Morgan fingerprint density at radius 2 is 1.12 bits per heavy atom. The fourth-order valence-electron chi connectivity index (χ4n) is 9.36. The molecule has 13 N–H and O–H groups in total. The van der Waals surface area contributed by atoms with Crippen molar-refractivity contribution in [1.29, 1.82) is 0 Å². The molecule has 0 aromatic heterocycles. The average molecular weight is 812 g/mol. The highest BCUT2D eigenvalue weighted by Gasteiger charge is 2.41. The molecular weight excluding hydrogens is 743 g/mol. The van der Waals surface area contributed by atoms with Crippen LogP contribution in [0.5, 0.6) is 5.75 Å². The fraction of sp³-hybridized carbons (Fsp3) is 0.698. The minimum Gasteiger partial charge on any atom is -0.508 e. The van der Waals surface area contributed by atoms with E-state index in [0.29, 0.717) is 70.8 Å². The van der Waals surface area contributed by atoms with Gasteiger partial charge in [0.1, 0.15) is 11.8 Å². The number of quaternary nitrogens is 2. The molecule has 5 amide bonds. The molecule has 3 aliphatic rings. The minimum atomic E-state index is -0.906. The van der Waals surface area contributed by atoms with E-state index in [1.165, 1.54) is 19.1 Å². The summed E-state index contributed by atoms with van der Waals surface area (Å²) in [7, 11) is 0. The van der Waals surface area contributed by atoms with Crippen molar-refractivity contribution in [3.05, 3.63) is 29.8 Å². The molecule has 6 unspecified atom stereocenters. The summed E-state index contributed by atoms with van der Waals surface area (Å²) in [6.07, 6.45) is 10.4. The Morgan fingerprint density at radius 1 is 0.655 bits per heavy atom. The van der Waals surface area contributed by atoms with E-state index in [1.54, 1.807) is 12.1 Å². The largest absolute Gasteiger partial charge is 0.508 e. The summed E-state index contributed by atoms with van der Waals surface area (Å²) in [5, 5.41) is 21.7. The Morgan fingerprint density at radius 3 is 1.66 bits per heavy atom. The zero-order chi connectivity index (χ0) is 42.2. The minimum absolute atomic E-state index is 0.0644. The molecule has 15 nitrogen and oxygen atoms in total. The molecule has 0 bridgehead atoms. The van der Waals surface area contributed by atoms with Gasteiger partial charge in [-0.3, -0.25) is 33.6 Å². The summed E-state index contributed by atoms with van der Waals surface area (Å²) < 4.78 is 0. The van der Waals surface area contributed by atoms with Crippen LogP contribution >= 0.6 is 0 Å². The van der Waals surface area contributed by atoms with E-state index in [-0.39, 0.29) is 78.1 Å². The highest BCUT2D eigenvalue weighted by Crippen LogP contribution is 2.37. The van der Waals surface area contributed by atoms with Gasteiger partial charge >= 0.3 is 0 Å². The Hall–Kier alpha value is -4.37. The number of carbonyl (C=O) groups excluding carboxylic acids is 7. The molecule has 322 valence electrons. The second-order valence-corrected chi connectivity index (χ2v) is 16.9. The number of phenols is 1. The van der Waals surface area contributed by atoms with Crippen LogP contribution in [0.25, 0.3) is 0 Å². The average Bonchev–Trinajstić information content (AvgIpc) is 3.96. The Kier molecular flexibility index (Phi) is 18.6. The summed E-state index contributed by atoms with van der Waals surface area (Å²) in [6, 6.07) is 3.79. The number of nitrogens with one attached hydrogen (secondary N) is 4. The molecule has 58 heavy (non-hydrogen) atoms. The number of primary amides is 1. The number of carbonyl (C=O) groups is 7. The fourth-order valence-corrected chi connectivity index (χ4v) is 9.36. The van der Waals surface area contributed by atoms with Gasteiger partial charge in [-0.2, -0.15) is 0 Å². The molecule has 3 fully saturated rings. The lowest BCUT2D eigenvalue weighted by molar-refractivity contribution is -0.368. The molecule has 0 aliphatic heterocycles. The van der Waals surface area contributed by atoms with E-state index in [4.69, 9.17) is 5.73 Å². The lowest BCUT2D eigenvalue weighted by Crippen LogP contribution is -2.51. The van der Waals surface area contributed by atoms with Gasteiger partial charge in [0.25, 0.3) is 0 Å². The topological polar surface area (TPSA) is 269 Å². The highest BCUT2D eigenvalue weighted by atomic mass is 16.3. The molecule has 0 radical (unpaired) electrons. The number of nitrogens with two attached hydrogens (primary N) is 1. The summed E-state index contributed by atoms with van der Waals surface area (Å²) in [5.74, 6) is -3.80. The first-order valence-electron chi connectivity index (χ1n) is 21.7. The van der Waals surface area contributed by atoms with Crippen LogP contribution in [0.2, 0.25) is 0 Å². The standard InChI is InChI=1S/C43H67N7O8/c1-26(51)47-34-16-8-13-33(34)43(58)48-35(14-2-4-21-44)38(53)24-28-9-6-12-32(28)42(57)50-37(23-27-17-19-30(52)20-18-27)39(54)25-29-10-7-11-31(29)41(56)49-36(40(46)55)15-3-5-22-45/h17-20,28-29,31-37,52H,2-16,21-25,44-45H2,1H3,(H2,46,55)(H,47,51)(H,48,58)(H,49,56)(H,50,57)/p+2/t28?,29?,31?,32?,33?,34?,35-,36-,37-/m1/s1. The van der Waals surface area contributed by atoms with E-state index in [1.807, 2.05) is 0 Å². The van der Waals surface area contributed by atoms with Gasteiger partial charge < -0.3 is 43.6 Å². The SMILES string of the molecule is CC(=O)NC1CCCC1C(=O)N[C@H](CCCC[NH3+])C(=O)CC1CCCC1C(=O)N[C@H](Cc1ccc(O)cc1)C(=O)CC1CCCC1C(=O)N[C@H](CCCC[NH3+])C(N)=O. The molecule has 3 aliphatic carbocycles. The van der Waals surface area contributed by atoms with Crippen LogP contribution in [-0.4, -0.2) is 83.5 Å².